The highest BCUT2D eigenvalue weighted by atomic mass is 16.6. The quantitative estimate of drug-likeness (QED) is 0.357. The monoisotopic (exact) mass is 254 g/mol. The van der Waals surface area contributed by atoms with Crippen LogP contribution in [0.2, 0.25) is 0 Å². The average molecular weight is 254 g/mol. The fourth-order valence-electron chi connectivity index (χ4n) is 1.37. The Morgan fingerprint density at radius 3 is 2.72 bits per heavy atom. The Balaban J connectivity index is 2.99. The number of benzene rings is 1. The van der Waals surface area contributed by atoms with Crippen molar-refractivity contribution in [3.8, 4) is 0 Å². The first-order valence-corrected chi connectivity index (χ1v) is 5.19. The molecule has 0 amide bonds. The summed E-state index contributed by atoms with van der Waals surface area (Å²) < 4.78 is 9.39. The smallest absolute Gasteiger partial charge is 0.337 e. The first-order valence-electron chi connectivity index (χ1n) is 5.19. The van der Waals surface area contributed by atoms with E-state index < -0.39 is 10.9 Å². The minimum absolute atomic E-state index is 0.0984. The van der Waals surface area contributed by atoms with Crippen molar-refractivity contribution in [2.24, 2.45) is 0 Å². The first kappa shape index (κ1) is 13.9. The third kappa shape index (κ3) is 3.42. The molecular formula is C11H14N2O5. The molecule has 1 rings (SSSR count). The van der Waals surface area contributed by atoms with Crippen LogP contribution in [0, 0.1) is 10.1 Å². The summed E-state index contributed by atoms with van der Waals surface area (Å²) in [7, 11) is 2.78. The number of hydrogen-bond acceptors (Lipinski definition) is 6. The van der Waals surface area contributed by atoms with Gasteiger partial charge in [0.15, 0.2) is 0 Å². The maximum absolute atomic E-state index is 11.3. The minimum Gasteiger partial charge on any atom is -0.465 e. The number of nitro groups is 1. The van der Waals surface area contributed by atoms with Crippen molar-refractivity contribution in [1.29, 1.82) is 0 Å². The largest absolute Gasteiger partial charge is 0.465 e. The molecule has 0 bridgehead atoms. The zero-order chi connectivity index (χ0) is 13.5. The van der Waals surface area contributed by atoms with E-state index in [1.54, 1.807) is 0 Å². The molecular weight excluding hydrogens is 240 g/mol. The van der Waals surface area contributed by atoms with Crippen LogP contribution >= 0.6 is 0 Å². The van der Waals surface area contributed by atoms with E-state index in [2.05, 4.69) is 10.1 Å². The van der Waals surface area contributed by atoms with Crippen molar-refractivity contribution in [2.75, 3.05) is 32.7 Å². The van der Waals surface area contributed by atoms with Crippen LogP contribution < -0.4 is 5.32 Å². The normalized spacial score (nSPS) is 9.89. The summed E-state index contributed by atoms with van der Waals surface area (Å²) in [5.41, 5.74) is 0.418. The summed E-state index contributed by atoms with van der Waals surface area (Å²) in [6.45, 7) is 0.807. The fourth-order valence-corrected chi connectivity index (χ4v) is 1.37. The van der Waals surface area contributed by atoms with Crippen LogP contribution in [0.5, 0.6) is 0 Å². The van der Waals surface area contributed by atoms with Crippen molar-refractivity contribution in [1.82, 2.24) is 0 Å². The van der Waals surface area contributed by atoms with E-state index in [-0.39, 0.29) is 16.9 Å². The Labute approximate surface area is 104 Å². The number of methoxy groups -OCH3 is 2. The molecule has 1 aromatic rings. The molecule has 0 radical (unpaired) electrons. The lowest BCUT2D eigenvalue weighted by Crippen LogP contribution is -2.10. The van der Waals surface area contributed by atoms with E-state index in [0.29, 0.717) is 13.2 Å². The molecule has 0 aliphatic rings. The number of carbonyl (C=O) groups excluding carboxylic acids is 1. The second-order valence-electron chi connectivity index (χ2n) is 3.40. The minimum atomic E-state index is -0.542. The summed E-state index contributed by atoms with van der Waals surface area (Å²) in [6, 6.07) is 4.01. The predicted molar refractivity (Wildman–Crippen MR) is 64.8 cm³/mol. The molecule has 0 saturated carbocycles. The van der Waals surface area contributed by atoms with Crippen LogP contribution in [-0.4, -0.2) is 38.3 Å². The van der Waals surface area contributed by atoms with Gasteiger partial charge in [0, 0.05) is 19.7 Å². The topological polar surface area (TPSA) is 90.7 Å². The number of hydrogen-bond donors (Lipinski definition) is 1. The second-order valence-corrected chi connectivity index (χ2v) is 3.40. The van der Waals surface area contributed by atoms with Crippen LogP contribution in [0.3, 0.4) is 0 Å². The lowest BCUT2D eigenvalue weighted by atomic mass is 10.1. The van der Waals surface area contributed by atoms with Gasteiger partial charge in [0.1, 0.15) is 5.69 Å². The molecule has 7 nitrogen and oxygen atoms in total. The Morgan fingerprint density at radius 2 is 2.17 bits per heavy atom. The molecule has 0 saturated heterocycles. The molecule has 0 aliphatic carbocycles. The van der Waals surface area contributed by atoms with Crippen LogP contribution in [-0.2, 0) is 9.47 Å². The molecule has 0 aliphatic heterocycles. The second kappa shape index (κ2) is 6.55. The summed E-state index contributed by atoms with van der Waals surface area (Å²) in [5.74, 6) is -0.542. The van der Waals surface area contributed by atoms with Crippen molar-refractivity contribution in [2.45, 2.75) is 0 Å². The maximum atomic E-state index is 11.3. The van der Waals surface area contributed by atoms with Gasteiger partial charge in [-0.05, 0) is 12.1 Å². The fraction of sp³-hybridized carbons (Fsp3) is 0.364. The zero-order valence-corrected chi connectivity index (χ0v) is 10.1. The Hall–Kier alpha value is -2.15. The number of ether oxygens (including phenoxy) is 2. The number of rotatable bonds is 6. The van der Waals surface area contributed by atoms with Gasteiger partial charge < -0.3 is 14.8 Å². The molecule has 0 fully saturated rings. The van der Waals surface area contributed by atoms with E-state index >= 15 is 0 Å². The maximum Gasteiger partial charge on any atom is 0.337 e. The average Bonchev–Trinajstić information content (AvgIpc) is 2.37. The van der Waals surface area contributed by atoms with Gasteiger partial charge in [-0.1, -0.05) is 0 Å². The Kier molecular flexibility index (Phi) is 5.06. The highest BCUT2D eigenvalue weighted by Gasteiger charge is 2.16. The summed E-state index contributed by atoms with van der Waals surface area (Å²) in [4.78, 5) is 21.6. The van der Waals surface area contributed by atoms with Gasteiger partial charge in [0.05, 0.1) is 24.2 Å². The summed E-state index contributed by atoms with van der Waals surface area (Å²) in [5, 5.41) is 13.7. The molecule has 18 heavy (non-hydrogen) atoms. The molecule has 0 atom stereocenters. The van der Waals surface area contributed by atoms with E-state index in [1.807, 2.05) is 0 Å². The summed E-state index contributed by atoms with van der Waals surface area (Å²) >= 11 is 0. The summed E-state index contributed by atoms with van der Waals surface area (Å²) in [6.07, 6.45) is 0. The Bertz CT molecular complexity index is 447. The molecule has 1 aromatic carbocycles. The van der Waals surface area contributed by atoms with Crippen LogP contribution in [0.15, 0.2) is 18.2 Å². The lowest BCUT2D eigenvalue weighted by molar-refractivity contribution is -0.384. The highest BCUT2D eigenvalue weighted by Crippen LogP contribution is 2.25. The van der Waals surface area contributed by atoms with E-state index in [4.69, 9.17) is 4.74 Å². The zero-order valence-electron chi connectivity index (χ0n) is 10.1. The molecule has 1 N–H and O–H groups in total. The van der Waals surface area contributed by atoms with E-state index in [0.717, 1.165) is 0 Å². The van der Waals surface area contributed by atoms with Gasteiger partial charge in [-0.3, -0.25) is 10.1 Å². The highest BCUT2D eigenvalue weighted by molar-refractivity contribution is 5.91. The van der Waals surface area contributed by atoms with Gasteiger partial charge in [0.25, 0.3) is 5.69 Å². The van der Waals surface area contributed by atoms with Crippen molar-refractivity contribution in [3.05, 3.63) is 33.9 Å². The van der Waals surface area contributed by atoms with Crippen molar-refractivity contribution >= 4 is 17.3 Å². The van der Waals surface area contributed by atoms with Crippen LogP contribution in [0.25, 0.3) is 0 Å². The molecule has 98 valence electrons. The van der Waals surface area contributed by atoms with Gasteiger partial charge >= 0.3 is 5.97 Å². The Morgan fingerprint density at radius 1 is 1.44 bits per heavy atom. The number of nitro benzene ring substituents is 1. The van der Waals surface area contributed by atoms with Gasteiger partial charge in [-0.15, -0.1) is 0 Å². The molecule has 7 heteroatoms. The van der Waals surface area contributed by atoms with Crippen molar-refractivity contribution < 1.29 is 19.2 Å². The van der Waals surface area contributed by atoms with Gasteiger partial charge in [-0.2, -0.15) is 0 Å². The third-order valence-electron chi connectivity index (χ3n) is 2.24. The molecule has 0 unspecified atom stereocenters. The van der Waals surface area contributed by atoms with E-state index in [1.165, 1.54) is 32.4 Å². The third-order valence-corrected chi connectivity index (χ3v) is 2.24. The molecule has 0 aromatic heterocycles. The SMILES string of the molecule is COCCNc1cc(C(=O)OC)ccc1[N+](=O)[O-]. The number of nitrogens with zero attached hydrogens (tertiary/aromatic N) is 1. The van der Waals surface area contributed by atoms with Gasteiger partial charge in [0.2, 0.25) is 0 Å². The predicted octanol–water partition coefficient (Wildman–Crippen LogP) is 1.44. The number of carbonyl (C=O) groups is 1. The first-order chi connectivity index (χ1) is 8.60. The van der Waals surface area contributed by atoms with Crippen molar-refractivity contribution in [3.63, 3.8) is 0 Å². The van der Waals surface area contributed by atoms with E-state index in [9.17, 15) is 14.9 Å². The lowest BCUT2D eigenvalue weighted by Gasteiger charge is -2.08. The van der Waals surface area contributed by atoms with Crippen LogP contribution in [0.4, 0.5) is 11.4 Å². The number of esters is 1. The number of anilines is 1. The standard InChI is InChI=1S/C11H14N2O5/c1-17-6-5-12-9-7-8(11(14)18-2)3-4-10(9)13(15)16/h3-4,7,12H,5-6H2,1-2H3. The molecule has 0 spiro atoms. The molecule has 0 heterocycles. The van der Waals surface area contributed by atoms with Crippen LogP contribution in [0.1, 0.15) is 10.4 Å². The van der Waals surface area contributed by atoms with Gasteiger partial charge in [-0.25, -0.2) is 4.79 Å². The number of nitrogens with one attached hydrogen (secondary N) is 1.